The number of fused-ring (bicyclic) bond motifs is 1. The molecule has 12 nitrogen and oxygen atoms in total. The van der Waals surface area contributed by atoms with Gasteiger partial charge in [-0.05, 0) is 55.4 Å². The van der Waals surface area contributed by atoms with Gasteiger partial charge in [0, 0.05) is 68.9 Å². The van der Waals surface area contributed by atoms with Gasteiger partial charge >= 0.3 is 19.7 Å². The molecule has 0 bridgehead atoms. The van der Waals surface area contributed by atoms with Gasteiger partial charge < -0.3 is 28.9 Å². The number of aromatic nitrogens is 1. The normalized spacial score (nSPS) is 14.3. The number of hydrogen-bond acceptors (Lipinski definition) is 11. The van der Waals surface area contributed by atoms with Crippen LogP contribution in [0.4, 0.5) is 0 Å². The lowest BCUT2D eigenvalue weighted by Gasteiger charge is -2.23. The lowest BCUT2D eigenvalue weighted by atomic mass is 10.1. The molecular formula is C41H45N4O8P. The first-order valence-electron chi connectivity index (χ1n) is 17.6. The second-order valence-corrected chi connectivity index (χ2v) is 14.9. The minimum Gasteiger partial charge on any atom is -0.497 e. The Labute approximate surface area is 315 Å². The molecule has 0 amide bonds. The van der Waals surface area contributed by atoms with Crippen molar-refractivity contribution in [3.63, 3.8) is 0 Å². The summed E-state index contributed by atoms with van der Waals surface area (Å²) in [6.07, 6.45) is 14.1. The number of rotatable bonds is 17. The van der Waals surface area contributed by atoms with E-state index >= 15 is 0 Å². The second-order valence-electron chi connectivity index (χ2n) is 13.1. The van der Waals surface area contributed by atoms with Crippen LogP contribution >= 0.6 is 7.75 Å². The summed E-state index contributed by atoms with van der Waals surface area (Å²) in [6, 6.07) is 25.1. The van der Waals surface area contributed by atoms with Crippen LogP contribution in [0.5, 0.6) is 5.75 Å². The highest BCUT2D eigenvalue weighted by Crippen LogP contribution is 2.52. The van der Waals surface area contributed by atoms with E-state index in [-0.39, 0.29) is 0 Å². The molecule has 13 heteroatoms. The predicted octanol–water partition coefficient (Wildman–Crippen LogP) is 7.35. The summed E-state index contributed by atoms with van der Waals surface area (Å²) in [5.41, 5.74) is 4.38. The predicted molar refractivity (Wildman–Crippen MR) is 205 cm³/mol. The summed E-state index contributed by atoms with van der Waals surface area (Å²) in [6.45, 7) is 0.500. The standard InChI is InChI=1S/C41H45N4O8P/c1-42(2)23-20-34-29-45(39-19-18-37(49-3)24-38(34)39)54(48,52-30-50-40(46)35-16-10-21-43(27-35)25-32-12-6-4-7-13-32)53-31-51-41(47)36-17-11-22-44(28-36)26-33-14-8-5-9-15-33/h4-15,18-19,21-22,24,27-29H,16-17,20,23,25-26,30-31H2,1-3H3. The van der Waals surface area contributed by atoms with Gasteiger partial charge in [0.15, 0.2) is 0 Å². The third kappa shape index (κ3) is 9.97. The molecular weight excluding hydrogens is 707 g/mol. The molecule has 4 aromatic rings. The molecule has 282 valence electrons. The molecule has 54 heavy (non-hydrogen) atoms. The number of likely N-dealkylation sites (N-methyl/N-ethyl adjacent to an activating group) is 1. The zero-order chi connectivity index (χ0) is 37.9. The maximum atomic E-state index is 14.8. The van der Waals surface area contributed by atoms with Gasteiger partial charge in [-0.25, -0.2) is 14.2 Å². The van der Waals surface area contributed by atoms with Gasteiger partial charge in [0.2, 0.25) is 13.6 Å². The Hall–Kier alpha value is -5.39. The molecule has 0 spiro atoms. The largest absolute Gasteiger partial charge is 0.497 e. The van der Waals surface area contributed by atoms with Crippen molar-refractivity contribution in [3.05, 3.63) is 150 Å². The maximum absolute atomic E-state index is 14.8. The molecule has 2 aliphatic heterocycles. The maximum Gasteiger partial charge on any atom is 0.445 e. The minimum absolute atomic E-state index is 0.362. The monoisotopic (exact) mass is 752 g/mol. The molecule has 2 aliphatic rings. The average molecular weight is 753 g/mol. The van der Waals surface area contributed by atoms with Crippen LogP contribution in [-0.4, -0.2) is 72.3 Å². The van der Waals surface area contributed by atoms with Crippen LogP contribution in [-0.2, 0) is 52.2 Å². The summed E-state index contributed by atoms with van der Waals surface area (Å²) < 4.78 is 44.4. The zero-order valence-electron chi connectivity index (χ0n) is 30.7. The number of allylic oxidation sites excluding steroid dienone is 2. The average Bonchev–Trinajstić information content (AvgIpc) is 3.56. The van der Waals surface area contributed by atoms with Crippen LogP contribution in [0, 0.1) is 0 Å². The van der Waals surface area contributed by atoms with E-state index in [2.05, 4.69) is 0 Å². The van der Waals surface area contributed by atoms with Gasteiger partial charge in [-0.3, -0.25) is 13.4 Å². The van der Waals surface area contributed by atoms with Crippen LogP contribution in [0.3, 0.4) is 0 Å². The molecule has 0 saturated heterocycles. The Morgan fingerprint density at radius 1 is 0.759 bits per heavy atom. The number of carbonyl (C=O) groups excluding carboxylic acids is 2. The first-order chi connectivity index (χ1) is 26.2. The van der Waals surface area contributed by atoms with Gasteiger partial charge in [0.25, 0.3) is 0 Å². The quantitative estimate of drug-likeness (QED) is 0.0613. The molecule has 6 rings (SSSR count). The fourth-order valence-electron chi connectivity index (χ4n) is 6.05. The highest BCUT2D eigenvalue weighted by Gasteiger charge is 2.33. The number of ether oxygens (including phenoxy) is 3. The van der Waals surface area contributed by atoms with Gasteiger partial charge in [-0.15, -0.1) is 0 Å². The molecule has 3 aromatic carbocycles. The number of carbonyl (C=O) groups is 2. The second kappa shape index (κ2) is 18.1. The van der Waals surface area contributed by atoms with Gasteiger partial charge in [0.1, 0.15) is 5.75 Å². The number of methoxy groups -OCH3 is 1. The Morgan fingerprint density at radius 3 is 1.80 bits per heavy atom. The van der Waals surface area contributed by atoms with Crippen molar-refractivity contribution in [2.75, 3.05) is 41.3 Å². The topological polar surface area (TPSA) is 112 Å². The van der Waals surface area contributed by atoms with Crippen molar-refractivity contribution < 1.29 is 37.4 Å². The number of hydrogen-bond donors (Lipinski definition) is 0. The number of nitrogens with zero attached hydrogens (tertiary/aromatic N) is 4. The lowest BCUT2D eigenvalue weighted by Crippen LogP contribution is -2.20. The molecule has 0 unspecified atom stereocenters. The van der Waals surface area contributed by atoms with E-state index in [1.54, 1.807) is 37.8 Å². The summed E-state index contributed by atoms with van der Waals surface area (Å²) in [5, 5.41) is 0.785. The van der Waals surface area contributed by atoms with E-state index < -0.39 is 33.3 Å². The third-order valence-corrected chi connectivity index (χ3v) is 10.6. The van der Waals surface area contributed by atoms with Crippen LogP contribution in [0.15, 0.2) is 133 Å². The highest BCUT2D eigenvalue weighted by molar-refractivity contribution is 7.52. The van der Waals surface area contributed by atoms with Gasteiger partial charge in [0.05, 0.1) is 23.8 Å². The van der Waals surface area contributed by atoms with E-state index in [9.17, 15) is 14.2 Å². The third-order valence-electron chi connectivity index (χ3n) is 8.83. The smallest absolute Gasteiger partial charge is 0.445 e. The Balaban J connectivity index is 1.18. The van der Waals surface area contributed by atoms with Crippen molar-refractivity contribution in [1.29, 1.82) is 0 Å². The summed E-state index contributed by atoms with van der Waals surface area (Å²) in [7, 11) is 1.16. The fourth-order valence-corrected chi connectivity index (χ4v) is 7.47. The molecule has 0 atom stereocenters. The van der Waals surface area contributed by atoms with Gasteiger partial charge in [-0.2, -0.15) is 0 Å². The summed E-state index contributed by atoms with van der Waals surface area (Å²) in [4.78, 5) is 32.2. The van der Waals surface area contributed by atoms with Crippen LogP contribution in [0.2, 0.25) is 0 Å². The SMILES string of the molecule is COc1ccc2c(c1)c(CCN(C)C)cn2P(=O)(OCOC(=O)C1=CN(Cc2ccccc2)C=CC1)OCOC(=O)C1=CN(Cc2ccccc2)C=CC1. The highest BCUT2D eigenvalue weighted by atomic mass is 31.2. The van der Waals surface area contributed by atoms with Crippen molar-refractivity contribution in [1.82, 2.24) is 19.0 Å². The molecule has 0 radical (unpaired) electrons. The molecule has 0 fully saturated rings. The van der Waals surface area contributed by atoms with Crippen LogP contribution in [0.1, 0.15) is 29.5 Å². The number of esters is 2. The molecule has 0 aliphatic carbocycles. The lowest BCUT2D eigenvalue weighted by molar-refractivity contribution is -0.147. The van der Waals surface area contributed by atoms with E-state index in [0.717, 1.165) is 22.1 Å². The van der Waals surface area contributed by atoms with E-state index in [1.807, 2.05) is 120 Å². The molecule has 1 aromatic heterocycles. The first-order valence-corrected chi connectivity index (χ1v) is 19.1. The van der Waals surface area contributed by atoms with E-state index in [0.29, 0.717) is 61.3 Å². The summed E-state index contributed by atoms with van der Waals surface area (Å²) in [5.74, 6) is -0.624. The van der Waals surface area contributed by atoms with Crippen molar-refractivity contribution in [2.24, 2.45) is 0 Å². The Bertz CT molecular complexity index is 1990. The van der Waals surface area contributed by atoms with Crippen LogP contribution in [0.25, 0.3) is 10.9 Å². The van der Waals surface area contributed by atoms with Gasteiger partial charge in [-0.1, -0.05) is 72.8 Å². The first kappa shape index (κ1) is 38.3. The van der Waals surface area contributed by atoms with Crippen molar-refractivity contribution >= 4 is 30.6 Å². The minimum atomic E-state index is -4.36. The molecule has 0 N–H and O–H groups in total. The van der Waals surface area contributed by atoms with Crippen LogP contribution < -0.4 is 4.74 Å². The van der Waals surface area contributed by atoms with Crippen molar-refractivity contribution in [2.45, 2.75) is 32.4 Å². The zero-order valence-corrected chi connectivity index (χ0v) is 31.6. The van der Waals surface area contributed by atoms with Crippen molar-refractivity contribution in [3.8, 4) is 5.75 Å². The Kier molecular flexibility index (Phi) is 12.8. The Morgan fingerprint density at radius 2 is 1.30 bits per heavy atom. The molecule has 3 heterocycles. The fraction of sp³-hybridized carbons (Fsp3) is 0.268. The summed E-state index contributed by atoms with van der Waals surface area (Å²) >= 11 is 0. The molecule has 0 saturated carbocycles. The number of benzene rings is 3. The van der Waals surface area contributed by atoms with E-state index in [4.69, 9.17) is 23.3 Å². The van der Waals surface area contributed by atoms with E-state index in [1.165, 1.54) is 4.34 Å².